The number of amides is 3. The quantitative estimate of drug-likeness (QED) is 0.524. The van der Waals surface area contributed by atoms with Gasteiger partial charge in [0.2, 0.25) is 5.91 Å². The number of aryl methyl sites for hydroxylation is 3. The molecule has 0 radical (unpaired) electrons. The van der Waals surface area contributed by atoms with Crippen LogP contribution in [0.5, 0.6) is 5.75 Å². The molecule has 1 aliphatic rings. The molecule has 3 amide bonds. The van der Waals surface area contributed by atoms with Crippen LogP contribution in [0.25, 0.3) is 0 Å². The van der Waals surface area contributed by atoms with Gasteiger partial charge >= 0.3 is 6.03 Å². The molecule has 0 aliphatic carbocycles. The van der Waals surface area contributed by atoms with E-state index in [2.05, 4.69) is 21.8 Å². The van der Waals surface area contributed by atoms with E-state index in [4.69, 9.17) is 4.74 Å². The zero-order valence-electron chi connectivity index (χ0n) is 20.1. The van der Waals surface area contributed by atoms with Gasteiger partial charge in [0.05, 0.1) is 37.2 Å². The highest BCUT2D eigenvalue weighted by atomic mass is 32.1. The lowest BCUT2D eigenvalue weighted by molar-refractivity contribution is -0.116. The Labute approximate surface area is 208 Å². The lowest BCUT2D eigenvalue weighted by Crippen LogP contribution is -2.42. The number of aromatic nitrogens is 2. The number of methoxy groups -OCH3 is 1. The average Bonchev–Trinajstić information content (AvgIpc) is 3.37. The Balaban J connectivity index is 1.38. The highest BCUT2D eigenvalue weighted by Crippen LogP contribution is 2.36. The number of carbonyl (C=O) groups excluding carboxylic acids is 2. The maximum atomic E-state index is 12.8. The van der Waals surface area contributed by atoms with Crippen molar-refractivity contribution in [3.05, 3.63) is 63.3 Å². The van der Waals surface area contributed by atoms with E-state index in [0.29, 0.717) is 43.0 Å². The molecule has 0 atom stereocenters. The van der Waals surface area contributed by atoms with Crippen molar-refractivity contribution in [2.24, 2.45) is 7.05 Å². The normalized spacial score (nSPS) is 12.6. The standard InChI is InChI=1S/C25H28N6O3S/c1-16-12-18(30(2)29-16)14-27-25(33)31-11-10-19-20(13-26)24(35-22(19)15-31)28-23(32)9-8-17-6-4-5-7-21(17)34-3/h4-7,12H,8-11,14-15H2,1-3H3,(H,27,33)(H,28,32). The predicted molar refractivity (Wildman–Crippen MR) is 133 cm³/mol. The van der Waals surface area contributed by atoms with Gasteiger partial charge in [0.1, 0.15) is 16.8 Å². The van der Waals surface area contributed by atoms with Crippen LogP contribution in [0.3, 0.4) is 0 Å². The summed E-state index contributed by atoms with van der Waals surface area (Å²) in [5.41, 5.74) is 4.21. The van der Waals surface area contributed by atoms with Gasteiger partial charge in [-0.05, 0) is 43.0 Å². The van der Waals surface area contributed by atoms with Gasteiger partial charge in [-0.3, -0.25) is 9.48 Å². The van der Waals surface area contributed by atoms with E-state index in [1.165, 1.54) is 11.3 Å². The maximum Gasteiger partial charge on any atom is 0.318 e. The number of urea groups is 1. The van der Waals surface area contributed by atoms with Gasteiger partial charge < -0.3 is 20.3 Å². The fourth-order valence-corrected chi connectivity index (χ4v) is 5.47. The van der Waals surface area contributed by atoms with Crippen LogP contribution in [0.15, 0.2) is 30.3 Å². The molecule has 0 saturated carbocycles. The topological polar surface area (TPSA) is 112 Å². The summed E-state index contributed by atoms with van der Waals surface area (Å²) in [6, 6.07) is 11.6. The number of para-hydroxylation sites is 1. The molecule has 1 aliphatic heterocycles. The van der Waals surface area contributed by atoms with Crippen molar-refractivity contribution in [3.8, 4) is 11.8 Å². The van der Waals surface area contributed by atoms with Gasteiger partial charge in [0, 0.05) is 24.9 Å². The second-order valence-electron chi connectivity index (χ2n) is 8.41. The van der Waals surface area contributed by atoms with Gasteiger partial charge in [-0.1, -0.05) is 18.2 Å². The molecule has 2 N–H and O–H groups in total. The Morgan fingerprint density at radius 2 is 2.11 bits per heavy atom. The van der Waals surface area contributed by atoms with Crippen molar-refractivity contribution in [2.75, 3.05) is 19.0 Å². The smallest absolute Gasteiger partial charge is 0.318 e. The van der Waals surface area contributed by atoms with E-state index < -0.39 is 0 Å². The van der Waals surface area contributed by atoms with Crippen LogP contribution in [0, 0.1) is 18.3 Å². The molecule has 1 aromatic carbocycles. The van der Waals surface area contributed by atoms with Crippen LogP contribution in [0.1, 0.15) is 39.4 Å². The number of hydrogen-bond acceptors (Lipinski definition) is 6. The van der Waals surface area contributed by atoms with Crippen LogP contribution in [-0.2, 0) is 37.8 Å². The number of ether oxygens (including phenoxy) is 1. The highest BCUT2D eigenvalue weighted by Gasteiger charge is 2.27. The molecule has 35 heavy (non-hydrogen) atoms. The summed E-state index contributed by atoms with van der Waals surface area (Å²) in [4.78, 5) is 28.1. The van der Waals surface area contributed by atoms with Gasteiger partial charge in [0.25, 0.3) is 0 Å². The molecule has 0 fully saturated rings. The van der Waals surface area contributed by atoms with E-state index in [1.54, 1.807) is 16.7 Å². The van der Waals surface area contributed by atoms with Crippen molar-refractivity contribution in [3.63, 3.8) is 0 Å². The van der Waals surface area contributed by atoms with Crippen molar-refractivity contribution >= 4 is 28.3 Å². The van der Waals surface area contributed by atoms with Gasteiger partial charge in [0.15, 0.2) is 0 Å². The zero-order chi connectivity index (χ0) is 24.9. The Hall–Kier alpha value is -3.84. The molecule has 0 spiro atoms. The summed E-state index contributed by atoms with van der Waals surface area (Å²) in [5.74, 6) is 0.591. The fraction of sp³-hybridized carbons (Fsp3) is 0.360. The number of anilines is 1. The summed E-state index contributed by atoms with van der Waals surface area (Å²) in [6.45, 7) is 3.22. The van der Waals surface area contributed by atoms with Gasteiger partial charge in [-0.2, -0.15) is 10.4 Å². The first kappa shape index (κ1) is 24.3. The second-order valence-corrected chi connectivity index (χ2v) is 9.52. The molecule has 9 nitrogen and oxygen atoms in total. The van der Waals surface area contributed by atoms with Crippen LogP contribution in [-0.4, -0.2) is 40.3 Å². The lowest BCUT2D eigenvalue weighted by atomic mass is 10.0. The van der Waals surface area contributed by atoms with E-state index in [0.717, 1.165) is 33.1 Å². The number of nitrogens with zero attached hydrogens (tertiary/aromatic N) is 4. The fourth-order valence-electron chi connectivity index (χ4n) is 4.24. The van der Waals surface area contributed by atoms with Crippen LogP contribution in [0.4, 0.5) is 9.80 Å². The minimum Gasteiger partial charge on any atom is -0.496 e. The molecule has 182 valence electrons. The minimum atomic E-state index is -0.163. The molecule has 2 aromatic heterocycles. The van der Waals surface area contributed by atoms with Crippen molar-refractivity contribution in [2.45, 2.75) is 39.3 Å². The summed E-state index contributed by atoms with van der Waals surface area (Å²) in [7, 11) is 3.46. The van der Waals surface area contributed by atoms with E-state index >= 15 is 0 Å². The Morgan fingerprint density at radius 3 is 2.83 bits per heavy atom. The molecule has 0 bridgehead atoms. The summed E-state index contributed by atoms with van der Waals surface area (Å²) in [5, 5.41) is 20.5. The first-order valence-corrected chi connectivity index (χ1v) is 12.2. The molecule has 10 heteroatoms. The summed E-state index contributed by atoms with van der Waals surface area (Å²) < 4.78 is 7.11. The zero-order valence-corrected chi connectivity index (χ0v) is 20.9. The molecule has 0 saturated heterocycles. The van der Waals surface area contributed by atoms with Crippen LogP contribution >= 0.6 is 11.3 Å². The van der Waals surface area contributed by atoms with Crippen LogP contribution < -0.4 is 15.4 Å². The monoisotopic (exact) mass is 492 g/mol. The number of benzene rings is 1. The second kappa shape index (κ2) is 10.6. The third-order valence-corrected chi connectivity index (χ3v) is 7.17. The summed E-state index contributed by atoms with van der Waals surface area (Å²) in [6.07, 6.45) is 1.38. The Morgan fingerprint density at radius 1 is 1.31 bits per heavy atom. The number of thiophene rings is 1. The number of nitrogens with one attached hydrogen (secondary N) is 2. The number of rotatable bonds is 7. The molecular weight excluding hydrogens is 464 g/mol. The predicted octanol–water partition coefficient (Wildman–Crippen LogP) is 3.51. The number of nitriles is 1. The van der Waals surface area contributed by atoms with Crippen molar-refractivity contribution in [1.29, 1.82) is 5.26 Å². The lowest BCUT2D eigenvalue weighted by Gasteiger charge is -2.27. The SMILES string of the molecule is COc1ccccc1CCC(=O)Nc1sc2c(c1C#N)CCN(C(=O)NCc1cc(C)nn1C)C2. The first-order valence-electron chi connectivity index (χ1n) is 11.4. The third kappa shape index (κ3) is 5.46. The Kier molecular flexibility index (Phi) is 7.36. The first-order chi connectivity index (χ1) is 16.9. The molecule has 3 aromatic rings. The molecule has 3 heterocycles. The van der Waals surface area contributed by atoms with Crippen LogP contribution in [0.2, 0.25) is 0 Å². The molecule has 4 rings (SSSR count). The van der Waals surface area contributed by atoms with Gasteiger partial charge in [-0.25, -0.2) is 4.79 Å². The Bertz CT molecular complexity index is 1290. The number of carbonyl (C=O) groups is 2. The van der Waals surface area contributed by atoms with E-state index in [-0.39, 0.29) is 18.4 Å². The molecular formula is C25H28N6O3S. The highest BCUT2D eigenvalue weighted by molar-refractivity contribution is 7.16. The maximum absolute atomic E-state index is 12.8. The molecule has 0 unspecified atom stereocenters. The average molecular weight is 493 g/mol. The van der Waals surface area contributed by atoms with E-state index in [9.17, 15) is 14.9 Å². The largest absolute Gasteiger partial charge is 0.496 e. The number of fused-ring (bicyclic) bond motifs is 1. The number of hydrogen-bond donors (Lipinski definition) is 2. The van der Waals surface area contributed by atoms with Gasteiger partial charge in [-0.15, -0.1) is 11.3 Å². The van der Waals surface area contributed by atoms with Crippen molar-refractivity contribution in [1.82, 2.24) is 20.0 Å². The van der Waals surface area contributed by atoms with Crippen molar-refractivity contribution < 1.29 is 14.3 Å². The minimum absolute atomic E-state index is 0.160. The van der Waals surface area contributed by atoms with E-state index in [1.807, 2.05) is 44.3 Å². The third-order valence-electron chi connectivity index (χ3n) is 6.04. The summed E-state index contributed by atoms with van der Waals surface area (Å²) >= 11 is 1.37.